The normalized spacial score (nSPS) is 45.6. The number of nitrogens with zero attached hydrogens (tertiary/aromatic N) is 3. The van der Waals surface area contributed by atoms with Gasteiger partial charge in [-0.15, -0.1) is 0 Å². The van der Waals surface area contributed by atoms with Gasteiger partial charge in [-0.3, -0.25) is 0 Å². The first-order valence-electron chi connectivity index (χ1n) is 9.35. The molecule has 5 heteroatoms. The first-order valence-corrected chi connectivity index (χ1v) is 9.35. The van der Waals surface area contributed by atoms with Crippen LogP contribution in [-0.2, 0) is 0 Å². The van der Waals surface area contributed by atoms with Gasteiger partial charge in [0.25, 0.3) is 0 Å². The molecule has 2 N–H and O–H groups in total. The number of rotatable bonds is 2. The minimum atomic E-state index is -0.773. The molecule has 1 aliphatic heterocycles. The van der Waals surface area contributed by atoms with E-state index in [2.05, 4.69) is 29.2 Å². The van der Waals surface area contributed by atoms with E-state index in [1.54, 1.807) is 0 Å². The minimum Gasteiger partial charge on any atom is -0.389 e. The summed E-state index contributed by atoms with van der Waals surface area (Å²) >= 11 is 0. The van der Waals surface area contributed by atoms with Crippen LogP contribution in [0.1, 0.15) is 66.2 Å². The Bertz CT molecular complexity index is 420. The van der Waals surface area contributed by atoms with Crippen molar-refractivity contribution in [1.82, 2.24) is 5.32 Å². The lowest BCUT2D eigenvalue weighted by Crippen LogP contribution is -2.48. The molecule has 6 atom stereocenters. The maximum Gasteiger partial charge on any atom is 0.0754 e. The van der Waals surface area contributed by atoms with Crippen LogP contribution in [0.15, 0.2) is 5.11 Å². The Hall–Kier alpha value is -0.770. The van der Waals surface area contributed by atoms with E-state index < -0.39 is 5.60 Å². The SMILES string of the molecule is C[C@@H]1CCC[C@H](C)C1(O)CN=[N+]=[N-].C[C@@H]1CCC[C@H](C)C12CN2. The molecular weight excluding hydrogens is 288 g/mol. The van der Waals surface area contributed by atoms with Crippen molar-refractivity contribution in [3.63, 3.8) is 0 Å². The van der Waals surface area contributed by atoms with Crippen LogP contribution in [0.25, 0.3) is 10.4 Å². The standard InChI is InChI=1S/C9H17N3O.C9H17N/c1-7-4-3-5-8(2)9(7,13)6-11-12-10;1-7-4-3-5-8(2)9(7)6-10-9/h7-8,13H,3-6H2,1-2H3;7-8,10H,3-6H2,1-2H3/t2*7-,8+,9?. The van der Waals surface area contributed by atoms with E-state index in [9.17, 15) is 5.11 Å². The van der Waals surface area contributed by atoms with Crippen LogP contribution in [0, 0.1) is 23.7 Å². The lowest BCUT2D eigenvalue weighted by atomic mass is 9.70. The fourth-order valence-corrected chi connectivity index (χ4v) is 4.70. The Morgan fingerprint density at radius 2 is 1.43 bits per heavy atom. The van der Waals surface area contributed by atoms with Gasteiger partial charge in [-0.05, 0) is 54.9 Å². The van der Waals surface area contributed by atoms with Gasteiger partial charge in [0.1, 0.15) is 0 Å². The predicted octanol–water partition coefficient (Wildman–Crippen LogP) is 4.27. The molecule has 0 bridgehead atoms. The van der Waals surface area contributed by atoms with Crippen molar-refractivity contribution < 1.29 is 5.11 Å². The lowest BCUT2D eigenvalue weighted by molar-refractivity contribution is -0.0739. The third-order valence-corrected chi connectivity index (χ3v) is 6.99. The fourth-order valence-electron chi connectivity index (χ4n) is 4.70. The van der Waals surface area contributed by atoms with Gasteiger partial charge in [0.2, 0.25) is 0 Å². The average Bonchev–Trinajstić information content (AvgIpc) is 3.31. The Kier molecular flexibility index (Phi) is 5.99. The van der Waals surface area contributed by atoms with E-state index in [0.29, 0.717) is 5.54 Å². The summed E-state index contributed by atoms with van der Waals surface area (Å²) in [5.74, 6) is 2.33. The van der Waals surface area contributed by atoms with Crippen molar-refractivity contribution in [1.29, 1.82) is 0 Å². The second-order valence-electron chi connectivity index (χ2n) is 8.24. The van der Waals surface area contributed by atoms with Crippen molar-refractivity contribution in [2.45, 2.75) is 77.4 Å². The molecule has 1 heterocycles. The molecule has 0 radical (unpaired) electrons. The molecule has 132 valence electrons. The van der Waals surface area contributed by atoms with E-state index in [4.69, 9.17) is 5.53 Å². The Labute approximate surface area is 140 Å². The zero-order valence-corrected chi connectivity index (χ0v) is 15.3. The largest absolute Gasteiger partial charge is 0.389 e. The van der Waals surface area contributed by atoms with Crippen LogP contribution in [0.5, 0.6) is 0 Å². The van der Waals surface area contributed by atoms with Crippen molar-refractivity contribution in [3.05, 3.63) is 10.4 Å². The number of hydrogen-bond donors (Lipinski definition) is 2. The summed E-state index contributed by atoms with van der Waals surface area (Å²) in [6.07, 6.45) is 7.56. The van der Waals surface area contributed by atoms with Crippen LogP contribution in [0.4, 0.5) is 0 Å². The molecule has 0 aromatic heterocycles. The molecule has 2 aliphatic carbocycles. The molecule has 3 fully saturated rings. The van der Waals surface area contributed by atoms with Crippen molar-refractivity contribution >= 4 is 0 Å². The average molecular weight is 322 g/mol. The minimum absolute atomic E-state index is 0.214. The highest BCUT2D eigenvalue weighted by molar-refractivity contribution is 5.11. The van der Waals surface area contributed by atoms with E-state index in [-0.39, 0.29) is 18.4 Å². The summed E-state index contributed by atoms with van der Waals surface area (Å²) in [6.45, 7) is 10.4. The summed E-state index contributed by atoms with van der Waals surface area (Å²) in [5, 5.41) is 17.3. The van der Waals surface area contributed by atoms with Crippen LogP contribution < -0.4 is 5.32 Å². The highest BCUT2D eigenvalue weighted by atomic mass is 16.3. The second-order valence-corrected chi connectivity index (χ2v) is 8.24. The Morgan fingerprint density at radius 1 is 1.00 bits per heavy atom. The molecule has 0 amide bonds. The predicted molar refractivity (Wildman–Crippen MR) is 94.1 cm³/mol. The van der Waals surface area contributed by atoms with Crippen LogP contribution >= 0.6 is 0 Å². The van der Waals surface area contributed by atoms with E-state index in [0.717, 1.165) is 24.7 Å². The maximum absolute atomic E-state index is 10.3. The zero-order valence-electron chi connectivity index (χ0n) is 15.3. The van der Waals surface area contributed by atoms with Gasteiger partial charge in [0, 0.05) is 17.0 Å². The quantitative estimate of drug-likeness (QED) is 0.344. The molecule has 0 aromatic carbocycles. The third kappa shape index (κ3) is 3.84. The summed E-state index contributed by atoms with van der Waals surface area (Å²) in [5.41, 5.74) is 8.05. The summed E-state index contributed by atoms with van der Waals surface area (Å²) in [6, 6.07) is 0. The third-order valence-electron chi connectivity index (χ3n) is 6.99. The monoisotopic (exact) mass is 322 g/mol. The van der Waals surface area contributed by atoms with Crippen LogP contribution in [-0.4, -0.2) is 29.3 Å². The second kappa shape index (κ2) is 7.42. The van der Waals surface area contributed by atoms with Gasteiger partial charge in [0.05, 0.1) is 12.1 Å². The molecule has 0 aromatic rings. The molecule has 23 heavy (non-hydrogen) atoms. The number of nitrogens with one attached hydrogen (secondary N) is 1. The first-order chi connectivity index (χ1) is 10.9. The summed E-state index contributed by atoms with van der Waals surface area (Å²) < 4.78 is 0. The van der Waals surface area contributed by atoms with Crippen molar-refractivity contribution in [3.8, 4) is 0 Å². The smallest absolute Gasteiger partial charge is 0.0754 e. The summed E-state index contributed by atoms with van der Waals surface area (Å²) in [7, 11) is 0. The molecule has 5 nitrogen and oxygen atoms in total. The highest BCUT2D eigenvalue weighted by Gasteiger charge is 2.52. The van der Waals surface area contributed by atoms with Gasteiger partial charge in [-0.2, -0.15) is 0 Å². The first kappa shape index (κ1) is 18.6. The van der Waals surface area contributed by atoms with Gasteiger partial charge in [0.15, 0.2) is 0 Å². The van der Waals surface area contributed by atoms with Gasteiger partial charge in [-0.1, -0.05) is 45.7 Å². The number of aliphatic hydroxyl groups is 1. The molecule has 3 aliphatic rings. The molecular formula is C18H34N4O. The number of hydrogen-bond acceptors (Lipinski definition) is 3. The van der Waals surface area contributed by atoms with Crippen molar-refractivity contribution in [2.75, 3.05) is 13.1 Å². The zero-order chi connectivity index (χ0) is 17.1. The summed E-state index contributed by atoms with van der Waals surface area (Å²) in [4.78, 5) is 2.71. The lowest BCUT2D eigenvalue weighted by Gasteiger charge is -2.42. The van der Waals surface area contributed by atoms with Gasteiger partial charge < -0.3 is 10.4 Å². The van der Waals surface area contributed by atoms with E-state index in [1.165, 1.54) is 32.2 Å². The Morgan fingerprint density at radius 3 is 1.78 bits per heavy atom. The molecule has 1 spiro atoms. The topological polar surface area (TPSA) is 90.9 Å². The van der Waals surface area contributed by atoms with E-state index in [1.807, 2.05) is 13.8 Å². The number of azide groups is 1. The maximum atomic E-state index is 10.3. The van der Waals surface area contributed by atoms with E-state index >= 15 is 0 Å². The van der Waals surface area contributed by atoms with Gasteiger partial charge >= 0.3 is 0 Å². The molecule has 2 unspecified atom stereocenters. The van der Waals surface area contributed by atoms with Gasteiger partial charge in [-0.25, -0.2) is 0 Å². The molecule has 2 saturated carbocycles. The molecule has 3 rings (SSSR count). The molecule has 1 saturated heterocycles. The van der Waals surface area contributed by atoms with Crippen LogP contribution in [0.2, 0.25) is 0 Å². The highest BCUT2D eigenvalue weighted by Crippen LogP contribution is 2.44. The van der Waals surface area contributed by atoms with Crippen molar-refractivity contribution in [2.24, 2.45) is 28.8 Å². The fraction of sp³-hybridized carbons (Fsp3) is 1.00. The van der Waals surface area contributed by atoms with Crippen LogP contribution in [0.3, 0.4) is 0 Å². The Balaban J connectivity index is 0.000000172.